The normalized spacial score (nSPS) is 10.1. The maximum atomic E-state index is 11.1. The number of carbonyl (C=O) groups excluding carboxylic acids is 1. The molecule has 90 valence electrons. The first-order chi connectivity index (χ1) is 8.58. The van der Waals surface area contributed by atoms with Crippen molar-refractivity contribution in [2.24, 2.45) is 0 Å². The average Bonchev–Trinajstić information content (AvgIpc) is 2.39. The number of hydrogen-bond donors (Lipinski definition) is 1. The van der Waals surface area contributed by atoms with Crippen LogP contribution in [0.4, 0.5) is 0 Å². The molecule has 5 nitrogen and oxygen atoms in total. The van der Waals surface area contributed by atoms with E-state index in [0.29, 0.717) is 17.0 Å². The number of hydrogen-bond acceptors (Lipinski definition) is 4. The molecule has 2 aromatic heterocycles. The third-order valence-electron chi connectivity index (χ3n) is 2.44. The minimum atomic E-state index is -1.02. The van der Waals surface area contributed by atoms with E-state index in [2.05, 4.69) is 9.97 Å². The molecule has 0 radical (unpaired) electrons. The van der Waals surface area contributed by atoms with Gasteiger partial charge in [-0.25, -0.2) is 4.79 Å². The van der Waals surface area contributed by atoms with Crippen LogP contribution in [0.3, 0.4) is 0 Å². The summed E-state index contributed by atoms with van der Waals surface area (Å²) >= 11 is 0. The summed E-state index contributed by atoms with van der Waals surface area (Å²) in [4.78, 5) is 29.9. The zero-order chi connectivity index (χ0) is 13.1. The molecule has 0 amide bonds. The van der Waals surface area contributed by atoms with Crippen molar-refractivity contribution in [1.29, 1.82) is 0 Å². The minimum absolute atomic E-state index is 0.0526. The van der Waals surface area contributed by atoms with Crippen molar-refractivity contribution >= 4 is 11.8 Å². The quantitative estimate of drug-likeness (QED) is 0.833. The highest BCUT2D eigenvalue weighted by Gasteiger charge is 2.06. The zero-order valence-corrected chi connectivity index (χ0v) is 9.62. The Balaban J connectivity index is 2.31. The van der Waals surface area contributed by atoms with E-state index in [9.17, 15) is 9.59 Å². The van der Waals surface area contributed by atoms with E-state index in [1.165, 1.54) is 25.4 Å². The van der Waals surface area contributed by atoms with Gasteiger partial charge in [0, 0.05) is 18.0 Å². The number of rotatable bonds is 3. The van der Waals surface area contributed by atoms with Crippen LogP contribution in [0.25, 0.3) is 11.4 Å². The molecular formula is C13H10N2O3. The predicted molar refractivity (Wildman–Crippen MR) is 64.4 cm³/mol. The van der Waals surface area contributed by atoms with E-state index >= 15 is 0 Å². The van der Waals surface area contributed by atoms with Crippen molar-refractivity contribution in [3.63, 3.8) is 0 Å². The van der Waals surface area contributed by atoms with Crippen molar-refractivity contribution in [2.45, 2.75) is 6.92 Å². The summed E-state index contributed by atoms with van der Waals surface area (Å²) in [6.07, 6.45) is 2.75. The zero-order valence-electron chi connectivity index (χ0n) is 9.62. The number of nitrogens with zero attached hydrogens (tertiary/aromatic N) is 2. The van der Waals surface area contributed by atoms with Crippen LogP contribution < -0.4 is 0 Å². The molecule has 5 heteroatoms. The summed E-state index contributed by atoms with van der Waals surface area (Å²) in [7, 11) is 0. The average molecular weight is 242 g/mol. The molecule has 0 bridgehead atoms. The van der Waals surface area contributed by atoms with E-state index in [1.54, 1.807) is 18.2 Å². The number of aromatic carboxylic acids is 1. The third-order valence-corrected chi connectivity index (χ3v) is 2.44. The van der Waals surface area contributed by atoms with Gasteiger partial charge in [-0.3, -0.25) is 14.8 Å². The molecule has 0 atom stereocenters. The number of Topliss-reactive ketones (excluding diaryl/α,β-unsaturated/α-hetero) is 1. The number of carboxylic acids is 1. The lowest BCUT2D eigenvalue weighted by atomic mass is 10.1. The van der Waals surface area contributed by atoms with Crippen LogP contribution in [0, 0.1) is 0 Å². The van der Waals surface area contributed by atoms with Gasteiger partial charge in [0.1, 0.15) is 0 Å². The standard InChI is InChI=1S/C13H10N2O3/c1-8(16)9-2-4-11(14-6-9)12-5-3-10(7-15-12)13(17)18/h2-7H,1H3,(H,17,18). The maximum absolute atomic E-state index is 11.1. The fraction of sp³-hybridized carbons (Fsp3) is 0.0769. The summed E-state index contributed by atoms with van der Waals surface area (Å²) in [5, 5.41) is 8.75. The second-order valence-corrected chi connectivity index (χ2v) is 3.73. The highest BCUT2D eigenvalue weighted by molar-refractivity contribution is 5.94. The summed E-state index contributed by atoms with van der Waals surface area (Å²) in [5.74, 6) is -1.07. The van der Waals surface area contributed by atoms with Crippen molar-refractivity contribution in [2.75, 3.05) is 0 Å². The second-order valence-electron chi connectivity index (χ2n) is 3.73. The SMILES string of the molecule is CC(=O)c1ccc(-c2ccc(C(=O)O)cn2)nc1. The van der Waals surface area contributed by atoms with Crippen LogP contribution in [0.15, 0.2) is 36.7 Å². The van der Waals surface area contributed by atoms with Crippen LogP contribution in [0.1, 0.15) is 27.6 Å². The number of ketones is 1. The van der Waals surface area contributed by atoms with Gasteiger partial charge in [0.2, 0.25) is 0 Å². The summed E-state index contributed by atoms with van der Waals surface area (Å²) in [5.41, 5.74) is 1.81. The Morgan fingerprint density at radius 3 is 1.78 bits per heavy atom. The number of pyridine rings is 2. The number of aromatic nitrogens is 2. The molecule has 2 aromatic rings. The van der Waals surface area contributed by atoms with E-state index in [0.717, 1.165) is 0 Å². The first-order valence-corrected chi connectivity index (χ1v) is 5.24. The topological polar surface area (TPSA) is 80.2 Å². The molecule has 18 heavy (non-hydrogen) atoms. The molecule has 1 N–H and O–H groups in total. The fourth-order valence-electron chi connectivity index (χ4n) is 1.43. The van der Waals surface area contributed by atoms with Crippen molar-refractivity contribution in [1.82, 2.24) is 9.97 Å². The first kappa shape index (κ1) is 11.9. The predicted octanol–water partition coefficient (Wildman–Crippen LogP) is 2.04. The molecule has 0 saturated heterocycles. The van der Waals surface area contributed by atoms with E-state index in [1.807, 2.05) is 0 Å². The van der Waals surface area contributed by atoms with Crippen molar-refractivity contribution in [3.8, 4) is 11.4 Å². The van der Waals surface area contributed by atoms with Gasteiger partial charge in [0.25, 0.3) is 0 Å². The van der Waals surface area contributed by atoms with Gasteiger partial charge in [-0.2, -0.15) is 0 Å². The second kappa shape index (κ2) is 4.75. The molecule has 0 aromatic carbocycles. The Hall–Kier alpha value is -2.56. The Labute approximate surface area is 103 Å². The molecule has 0 aliphatic carbocycles. The largest absolute Gasteiger partial charge is 0.478 e. The third kappa shape index (κ3) is 2.40. The molecule has 2 rings (SSSR count). The van der Waals surface area contributed by atoms with Crippen LogP contribution in [0.5, 0.6) is 0 Å². The van der Waals surface area contributed by atoms with E-state index < -0.39 is 5.97 Å². The van der Waals surface area contributed by atoms with Gasteiger partial charge in [0.05, 0.1) is 17.0 Å². The minimum Gasteiger partial charge on any atom is -0.478 e. The lowest BCUT2D eigenvalue weighted by Crippen LogP contribution is -1.98. The number of carbonyl (C=O) groups is 2. The molecule has 2 heterocycles. The molecule has 0 aliphatic heterocycles. The fourth-order valence-corrected chi connectivity index (χ4v) is 1.43. The maximum Gasteiger partial charge on any atom is 0.337 e. The molecular weight excluding hydrogens is 232 g/mol. The summed E-state index contributed by atoms with van der Waals surface area (Å²) in [6, 6.07) is 6.39. The Kier molecular flexibility index (Phi) is 3.14. The van der Waals surface area contributed by atoms with Crippen molar-refractivity contribution < 1.29 is 14.7 Å². The lowest BCUT2D eigenvalue weighted by Gasteiger charge is -2.01. The van der Waals surface area contributed by atoms with Gasteiger partial charge in [-0.05, 0) is 31.2 Å². The van der Waals surface area contributed by atoms with E-state index in [-0.39, 0.29) is 11.3 Å². The van der Waals surface area contributed by atoms with Gasteiger partial charge in [-0.15, -0.1) is 0 Å². The van der Waals surface area contributed by atoms with Crippen molar-refractivity contribution in [3.05, 3.63) is 47.8 Å². The molecule has 0 aliphatic rings. The van der Waals surface area contributed by atoms with Gasteiger partial charge >= 0.3 is 5.97 Å². The van der Waals surface area contributed by atoms with Crippen LogP contribution in [-0.4, -0.2) is 26.8 Å². The lowest BCUT2D eigenvalue weighted by molar-refractivity contribution is 0.0696. The summed E-state index contributed by atoms with van der Waals surface area (Å²) in [6.45, 7) is 1.47. The van der Waals surface area contributed by atoms with Gasteiger partial charge in [0.15, 0.2) is 5.78 Å². The van der Waals surface area contributed by atoms with Gasteiger partial charge < -0.3 is 5.11 Å². The highest BCUT2D eigenvalue weighted by Crippen LogP contribution is 2.15. The Morgan fingerprint density at radius 2 is 1.44 bits per heavy atom. The summed E-state index contributed by atoms with van der Waals surface area (Å²) < 4.78 is 0. The van der Waals surface area contributed by atoms with Crippen LogP contribution in [-0.2, 0) is 0 Å². The number of carboxylic acid groups (broad SMARTS) is 1. The molecule has 0 spiro atoms. The molecule has 0 saturated carbocycles. The molecule has 0 fully saturated rings. The first-order valence-electron chi connectivity index (χ1n) is 5.24. The van der Waals surface area contributed by atoms with Gasteiger partial charge in [-0.1, -0.05) is 0 Å². The van der Waals surface area contributed by atoms with Crippen LogP contribution in [0.2, 0.25) is 0 Å². The Morgan fingerprint density at radius 1 is 0.944 bits per heavy atom. The molecule has 0 unspecified atom stereocenters. The smallest absolute Gasteiger partial charge is 0.337 e. The Bertz CT molecular complexity index is 533. The highest BCUT2D eigenvalue weighted by atomic mass is 16.4. The van der Waals surface area contributed by atoms with Crippen LogP contribution >= 0.6 is 0 Å². The van der Waals surface area contributed by atoms with E-state index in [4.69, 9.17) is 5.11 Å². The monoisotopic (exact) mass is 242 g/mol.